The van der Waals surface area contributed by atoms with Crippen molar-refractivity contribution in [2.75, 3.05) is 7.11 Å². The van der Waals surface area contributed by atoms with Crippen LogP contribution >= 0.6 is 330 Å². The van der Waals surface area contributed by atoms with Gasteiger partial charge in [0.05, 0.1) is 34.7 Å². The van der Waals surface area contributed by atoms with E-state index in [2.05, 4.69) is 191 Å². The summed E-state index contributed by atoms with van der Waals surface area (Å²) in [7, 11) is 63.7. The molecule has 22 unspecified atom stereocenters. The fraction of sp³-hybridized carbons (Fsp3) is 0.0714. The summed E-state index contributed by atoms with van der Waals surface area (Å²) in [5, 5.41) is 9.16. The Hall–Kier alpha value is 11.5. The zero-order valence-corrected chi connectivity index (χ0v) is 80.0. The molecule has 0 bridgehead atoms. The Morgan fingerprint density at radius 3 is 1.51 bits per heavy atom. The fourth-order valence-electron chi connectivity index (χ4n) is 4.96. The molecule has 0 aliphatic heterocycles. The molecule has 0 aliphatic rings. The van der Waals surface area contributed by atoms with E-state index in [9.17, 15) is 22.0 Å². The van der Waals surface area contributed by atoms with Crippen LogP contribution in [0.4, 0.5) is 14.5 Å². The first kappa shape index (κ1) is 86.5. The number of halogens is 6. The summed E-state index contributed by atoms with van der Waals surface area (Å²) in [6, 6.07) is 18.9. The molecular formula is C28H54BrCl3F2N3O4P35S. The summed E-state index contributed by atoms with van der Waals surface area (Å²) in [6.45, 7) is 6.03. The second-order valence-corrected chi connectivity index (χ2v) is 158. The molecule has 0 saturated heterocycles. The van der Waals surface area contributed by atoms with E-state index in [0.717, 1.165) is 47.8 Å². The smallest absolute Gasteiger partial charge is 0.337 e. The average Bonchev–Trinajstić information content (AvgIpc) is 3.33. The van der Waals surface area contributed by atoms with Crippen LogP contribution in [-0.2, 0) is 13.8 Å². The minimum absolute atomic E-state index is 0.000784. The summed E-state index contributed by atoms with van der Waals surface area (Å²) in [4.78, 5) is 17.9. The number of alkyl halides is 2. The lowest BCUT2D eigenvalue weighted by Crippen LogP contribution is -2.00. The van der Waals surface area contributed by atoms with Crippen molar-refractivity contribution in [3.05, 3.63) is 122 Å². The summed E-state index contributed by atoms with van der Waals surface area (Å²) in [5.74, 6) is -0.391. The number of benzene rings is 3. The summed E-state index contributed by atoms with van der Waals surface area (Å²) < 4.78 is 51.0. The van der Waals surface area contributed by atoms with Crippen LogP contribution < -0.4 is 0 Å². The van der Waals surface area contributed by atoms with E-state index in [4.69, 9.17) is 45.7 Å². The van der Waals surface area contributed by atoms with Crippen LogP contribution in [0.3, 0.4) is 0 Å². The van der Waals surface area contributed by atoms with Crippen molar-refractivity contribution in [3.63, 3.8) is 0 Å². The van der Waals surface area contributed by atoms with Crippen LogP contribution in [0.5, 0.6) is 0 Å². The van der Waals surface area contributed by atoms with Gasteiger partial charge in [-0.3, -0.25) is 4.98 Å². The molecule has 77 heavy (non-hydrogen) atoms. The van der Waals surface area contributed by atoms with Gasteiger partial charge in [-0.1, -0.05) is 77.4 Å². The lowest BCUT2D eigenvalue weighted by atomic mass is 10.0. The quantitative estimate of drug-likeness (QED) is 0.0378. The Morgan fingerprint density at radius 2 is 1.16 bits per heavy atom. The zero-order chi connectivity index (χ0) is 59.4. The van der Waals surface area contributed by atoms with Crippen molar-refractivity contribution in [1.82, 2.24) is 4.98 Å². The number of carbonyl (C=O) groups excluding carboxylic acids is 1. The third kappa shape index (κ3) is 30.6. The van der Waals surface area contributed by atoms with Crippen molar-refractivity contribution < 1.29 is 26.7 Å². The van der Waals surface area contributed by atoms with Crippen LogP contribution in [-0.4, -0.2) is 26.5 Å². The van der Waals surface area contributed by atoms with Gasteiger partial charge in [0.1, 0.15) is 6.07 Å². The van der Waals surface area contributed by atoms with Gasteiger partial charge >= 0.3 is 5.97 Å². The SMILES string of the molecule is COC(=O)c1ccc(-c2cccc(Br)c2)c(Cl)c1.O=S(=O)(Cl)c1ccc(C(F)F)cc1.PPP(P)P(P(P(P)P)P(P)P)P(P(P(P)P)P(P)P)P(P(P(P)P)P(P)P)P(P(P)P)P(P)P.[C-]#[N+]c1cncc(C#N)c1Cl. The largest absolute Gasteiger partial charge is 0.465 e. The first-order chi connectivity index (χ1) is 35.7. The maximum atomic E-state index is 12.0. The zero-order valence-electron chi connectivity index (χ0n) is 39.3. The minimum Gasteiger partial charge on any atom is -0.465 e. The van der Waals surface area contributed by atoms with E-state index in [1.54, 1.807) is 12.1 Å². The van der Waals surface area contributed by atoms with Crippen molar-refractivity contribution in [1.29, 1.82) is 5.26 Å². The predicted molar refractivity (Wildman–Crippen MR) is 454 cm³/mol. The molecule has 0 amide bonds. The molecule has 0 aliphatic carbocycles. The van der Waals surface area contributed by atoms with Crippen molar-refractivity contribution >= 4 is 351 Å². The monoisotopic (exact) mass is 1830 g/mol. The highest BCUT2D eigenvalue weighted by Crippen LogP contribution is 3.40. The lowest BCUT2D eigenvalue weighted by Gasteiger charge is -2.54. The maximum Gasteiger partial charge on any atom is 0.337 e. The molecule has 0 radical (unpaired) electrons. The molecule has 4 rings (SSSR count). The summed E-state index contributed by atoms with van der Waals surface area (Å²) in [5.41, 5.74) is 2.53. The number of esters is 1. The normalized spacial score (nSPS) is 13.3. The molecule has 1 heterocycles. The highest BCUT2D eigenvalue weighted by molar-refractivity contribution is 9.46. The van der Waals surface area contributed by atoms with E-state index in [0.29, 0.717) is 10.6 Å². The second kappa shape index (κ2) is 45.8. The van der Waals surface area contributed by atoms with Crippen molar-refractivity contribution in [3.8, 4) is 17.2 Å². The molecular weight excluding hydrogens is 1780 g/mol. The molecule has 0 N–H and O–H groups in total. The minimum atomic E-state index is -3.82. The standard InChI is InChI=1S/C14H10BrClO2.C7H5ClF2O2S.C7H2ClN3.H37P35/c1-18-14(17)10-5-6-12(13(16)8-10)9-3-2-4-11(15)7-9;8-13(11,12)6-3-1-5(2-4-6)7(9)10;1-10-6-4-11-3-5(2-9)7(6)8;1-19-28(18)33(29(20(2)3)21(4)5)35(32(26(14)15)27(16)17)34(30(22(6)7)23(8)9)31(24(10)11)25(12)13/h2-8H,1H3;1-4,7H;3-4H;19H,1-18H2. The molecule has 3 aromatic carbocycles. The number of carbonyl (C=O) groups is 1. The third-order valence-electron chi connectivity index (χ3n) is 7.98. The van der Waals surface area contributed by atoms with Crippen LogP contribution in [0, 0.1) is 17.9 Å². The molecule has 1 aromatic heterocycles. The lowest BCUT2D eigenvalue weighted by molar-refractivity contribution is 0.0600. The number of hydrogen-bond acceptors (Lipinski definition) is 6. The van der Waals surface area contributed by atoms with E-state index >= 15 is 0 Å². The predicted octanol–water partition coefficient (Wildman–Crippen LogP) is 29.5. The first-order valence-electron chi connectivity index (χ1n) is 19.1. The second-order valence-electron chi connectivity index (χ2n) is 13.1. The maximum absolute atomic E-state index is 12.0. The van der Waals surface area contributed by atoms with Gasteiger partial charge in [0, 0.05) is 43.7 Å². The Morgan fingerprint density at radius 1 is 0.714 bits per heavy atom. The average molecular weight is 1840 g/mol. The molecule has 428 valence electrons. The Labute approximate surface area is 538 Å². The molecule has 7 nitrogen and oxygen atoms in total. The Bertz CT molecular complexity index is 2590. The van der Waals surface area contributed by atoms with E-state index < -0.39 is 21.4 Å². The van der Waals surface area contributed by atoms with E-state index in [-0.39, 0.29) is 139 Å². The van der Waals surface area contributed by atoms with Gasteiger partial charge in [-0.15, -0.1) is 161 Å². The number of hydrogen-bond donors (Lipinski definition) is 0. The van der Waals surface area contributed by atoms with Gasteiger partial charge in [-0.25, -0.2) is 26.8 Å². The number of nitriles is 1. The molecule has 49 heteroatoms. The van der Waals surface area contributed by atoms with Crippen molar-refractivity contribution in [2.45, 2.75) is 11.3 Å². The van der Waals surface area contributed by atoms with E-state index in [1.807, 2.05) is 36.4 Å². The molecule has 22 atom stereocenters. The van der Waals surface area contributed by atoms with Gasteiger partial charge in [-0.05, 0) is 154 Å². The molecule has 0 fully saturated rings. The number of methoxy groups -OCH3 is 1. The number of pyridine rings is 1. The van der Waals surface area contributed by atoms with E-state index in [1.165, 1.54) is 19.5 Å². The number of aromatic nitrogens is 1. The van der Waals surface area contributed by atoms with Gasteiger partial charge in [0.15, 0.2) is 0 Å². The van der Waals surface area contributed by atoms with Crippen LogP contribution in [0.1, 0.15) is 27.9 Å². The Balaban J connectivity index is 0.000000578. The topological polar surface area (TPSA) is 101 Å². The molecule has 0 saturated carbocycles. The highest BCUT2D eigenvalue weighted by Gasteiger charge is 2.53. The molecule has 4 aromatic rings. The van der Waals surface area contributed by atoms with Crippen LogP contribution in [0.15, 0.2) is 88.5 Å². The van der Waals surface area contributed by atoms with Crippen LogP contribution in [0.25, 0.3) is 16.0 Å². The Kier molecular flexibility index (Phi) is 51.5. The van der Waals surface area contributed by atoms with Gasteiger partial charge in [0.2, 0.25) is 5.69 Å². The van der Waals surface area contributed by atoms with Gasteiger partial charge in [0.25, 0.3) is 15.5 Å². The number of ether oxygens (including phenoxy) is 1. The highest BCUT2D eigenvalue weighted by atomic mass is 79.9. The van der Waals surface area contributed by atoms with Crippen molar-refractivity contribution in [2.24, 2.45) is 0 Å². The first-order valence-corrected chi connectivity index (χ1v) is 86.2. The summed E-state index contributed by atoms with van der Waals surface area (Å²) in [6.07, 6.45) is 0.0554. The third-order valence-corrected chi connectivity index (χ3v) is 246. The van der Waals surface area contributed by atoms with Gasteiger partial charge in [-0.2, -0.15) is 5.26 Å². The number of rotatable bonds is 20. The van der Waals surface area contributed by atoms with Crippen LogP contribution in [0.2, 0.25) is 10.0 Å². The number of nitrogens with zero attached hydrogens (tertiary/aromatic N) is 3. The summed E-state index contributed by atoms with van der Waals surface area (Å²) >= 11 is 15.2. The fourth-order valence-corrected chi connectivity index (χ4v) is 476. The molecule has 0 spiro atoms. The van der Waals surface area contributed by atoms with Gasteiger partial charge < -0.3 is 4.74 Å².